The molecule has 2 aromatic carbocycles. The summed E-state index contributed by atoms with van der Waals surface area (Å²) < 4.78 is 9.51. The molecule has 2 heterocycles. The molecule has 7 heteroatoms. The number of aryl methyl sites for hydroxylation is 2. The van der Waals surface area contributed by atoms with E-state index < -0.39 is 0 Å². The summed E-state index contributed by atoms with van der Waals surface area (Å²) in [5.74, 6) is 1.11. The highest BCUT2D eigenvalue weighted by Gasteiger charge is 2.21. The van der Waals surface area contributed by atoms with Gasteiger partial charge in [-0.15, -0.1) is 10.2 Å². The number of thioether (sulfide) groups is 1. The maximum atomic E-state index is 13.2. The van der Waals surface area contributed by atoms with Crippen molar-refractivity contribution in [3.8, 4) is 17.1 Å². The summed E-state index contributed by atoms with van der Waals surface area (Å²) >= 11 is 1.41. The fraction of sp³-hybridized carbons (Fsp3) is 0.296. The smallest absolute Gasteiger partial charge is 0.196 e. The van der Waals surface area contributed by atoms with Crippen LogP contribution in [-0.2, 0) is 4.74 Å². The summed E-state index contributed by atoms with van der Waals surface area (Å²) in [6.45, 7) is 8.79. The van der Waals surface area contributed by atoms with Crippen LogP contribution in [0.2, 0.25) is 0 Å². The van der Waals surface area contributed by atoms with Gasteiger partial charge in [0.1, 0.15) is 0 Å². The summed E-state index contributed by atoms with van der Waals surface area (Å²) in [6.07, 6.45) is 0. The van der Waals surface area contributed by atoms with Crippen molar-refractivity contribution in [1.82, 2.24) is 19.3 Å². The maximum Gasteiger partial charge on any atom is 0.196 e. The molecule has 1 atom stereocenters. The Morgan fingerprint density at radius 1 is 1.03 bits per heavy atom. The van der Waals surface area contributed by atoms with E-state index in [1.165, 1.54) is 17.3 Å². The number of ketones is 1. The van der Waals surface area contributed by atoms with Gasteiger partial charge in [0.25, 0.3) is 0 Å². The number of Topliss-reactive ketones (excluding diaryl/α,β-unsaturated/α-hetero) is 1. The second kappa shape index (κ2) is 10.4. The molecule has 0 aliphatic rings. The Bertz CT molecular complexity index is 1280. The van der Waals surface area contributed by atoms with Gasteiger partial charge in [-0.05, 0) is 45.9 Å². The van der Waals surface area contributed by atoms with Gasteiger partial charge in [0.2, 0.25) is 0 Å². The van der Waals surface area contributed by atoms with E-state index in [0.29, 0.717) is 11.8 Å². The number of rotatable bonds is 9. The van der Waals surface area contributed by atoms with Crippen molar-refractivity contribution < 1.29 is 9.53 Å². The first-order valence-corrected chi connectivity index (χ1v) is 12.3. The summed E-state index contributed by atoms with van der Waals surface area (Å²) in [7, 11) is 1.70. The first kappa shape index (κ1) is 24.0. The molecule has 4 aromatic rings. The summed E-state index contributed by atoms with van der Waals surface area (Å²) in [5.41, 5.74) is 5.90. The normalized spacial score (nSPS) is 12.1. The van der Waals surface area contributed by atoms with Crippen molar-refractivity contribution >= 4 is 17.5 Å². The Morgan fingerprint density at radius 2 is 1.74 bits per heavy atom. The number of hydrogen-bond acceptors (Lipinski definition) is 5. The van der Waals surface area contributed by atoms with Crippen LogP contribution in [-0.4, -0.2) is 44.6 Å². The zero-order chi connectivity index (χ0) is 24.2. The highest BCUT2D eigenvalue weighted by Crippen LogP contribution is 2.29. The van der Waals surface area contributed by atoms with Crippen LogP contribution in [0.3, 0.4) is 0 Å². The Balaban J connectivity index is 1.63. The quantitative estimate of drug-likeness (QED) is 0.225. The highest BCUT2D eigenvalue weighted by atomic mass is 32.2. The van der Waals surface area contributed by atoms with E-state index in [9.17, 15) is 4.79 Å². The Kier molecular flexibility index (Phi) is 7.34. The lowest BCUT2D eigenvalue weighted by Gasteiger charge is -2.17. The van der Waals surface area contributed by atoms with E-state index in [0.717, 1.165) is 34.0 Å². The van der Waals surface area contributed by atoms with Crippen molar-refractivity contribution in [2.24, 2.45) is 0 Å². The largest absolute Gasteiger partial charge is 0.383 e. The molecule has 34 heavy (non-hydrogen) atoms. The number of benzene rings is 2. The van der Waals surface area contributed by atoms with Crippen LogP contribution in [0.5, 0.6) is 0 Å². The second-order valence-electron chi connectivity index (χ2n) is 8.51. The monoisotopic (exact) mass is 474 g/mol. The predicted molar refractivity (Wildman–Crippen MR) is 137 cm³/mol. The van der Waals surface area contributed by atoms with Crippen LogP contribution in [0.1, 0.15) is 40.3 Å². The lowest BCUT2D eigenvalue weighted by Crippen LogP contribution is -2.14. The number of carbonyl (C=O) groups excluding carboxylic acids is 1. The molecule has 0 aliphatic carbocycles. The number of aromatic nitrogens is 4. The van der Waals surface area contributed by atoms with Gasteiger partial charge < -0.3 is 9.30 Å². The molecule has 0 radical (unpaired) electrons. The molecule has 0 saturated heterocycles. The van der Waals surface area contributed by atoms with Gasteiger partial charge in [0.05, 0.1) is 18.4 Å². The van der Waals surface area contributed by atoms with Gasteiger partial charge in [-0.1, -0.05) is 59.8 Å². The topological polar surface area (TPSA) is 61.9 Å². The molecule has 4 rings (SSSR count). The first-order valence-electron chi connectivity index (χ1n) is 11.3. The molecule has 176 valence electrons. The fourth-order valence-electron chi connectivity index (χ4n) is 4.33. The number of ether oxygens (including phenoxy) is 1. The zero-order valence-electron chi connectivity index (χ0n) is 20.3. The van der Waals surface area contributed by atoms with Gasteiger partial charge in [-0.3, -0.25) is 9.36 Å². The molecule has 0 aliphatic heterocycles. The highest BCUT2D eigenvalue weighted by molar-refractivity contribution is 7.99. The van der Waals surface area contributed by atoms with Crippen molar-refractivity contribution in [1.29, 1.82) is 0 Å². The number of nitrogens with zero attached hydrogens (tertiary/aromatic N) is 4. The molecule has 0 spiro atoms. The average molecular weight is 475 g/mol. The molecule has 6 nitrogen and oxygen atoms in total. The minimum Gasteiger partial charge on any atom is -0.383 e. The van der Waals surface area contributed by atoms with Crippen LogP contribution in [0, 0.1) is 20.8 Å². The molecule has 0 N–H and O–H groups in total. The second-order valence-corrected chi connectivity index (χ2v) is 9.46. The van der Waals surface area contributed by atoms with E-state index in [-0.39, 0.29) is 17.6 Å². The molecule has 0 amide bonds. The molecule has 0 bridgehead atoms. The van der Waals surface area contributed by atoms with Crippen LogP contribution in [0.25, 0.3) is 17.1 Å². The van der Waals surface area contributed by atoms with Crippen LogP contribution < -0.4 is 0 Å². The Labute approximate surface area is 205 Å². The molecule has 0 unspecified atom stereocenters. The third kappa shape index (κ3) is 4.86. The molecule has 0 saturated carbocycles. The van der Waals surface area contributed by atoms with Crippen molar-refractivity contribution in [2.45, 2.75) is 38.9 Å². The predicted octanol–water partition coefficient (Wildman–Crippen LogP) is 5.84. The lowest BCUT2D eigenvalue weighted by atomic mass is 10.2. The molecular formula is C27H30N4O2S. The minimum atomic E-state index is 0.0775. The SMILES string of the molecule is COC[C@H](C)n1c(C)cc(C(=O)CSc2nnc(-c3ccccc3)n2-c2ccc(C)cc2)c1C. The van der Waals surface area contributed by atoms with E-state index in [4.69, 9.17) is 4.74 Å². The molecule has 0 fully saturated rings. The average Bonchev–Trinajstić information content (AvgIpc) is 3.39. The summed E-state index contributed by atoms with van der Waals surface area (Å²) in [5, 5.41) is 9.63. The third-order valence-electron chi connectivity index (χ3n) is 5.92. The summed E-state index contributed by atoms with van der Waals surface area (Å²) in [6, 6.07) is 20.4. The van der Waals surface area contributed by atoms with Crippen LogP contribution in [0.15, 0.2) is 65.8 Å². The van der Waals surface area contributed by atoms with Gasteiger partial charge >= 0.3 is 0 Å². The van der Waals surface area contributed by atoms with Crippen molar-refractivity contribution in [2.75, 3.05) is 19.5 Å². The number of carbonyl (C=O) groups is 1. The Morgan fingerprint density at radius 3 is 2.41 bits per heavy atom. The molecule has 2 aromatic heterocycles. The van der Waals surface area contributed by atoms with Crippen LogP contribution in [0.4, 0.5) is 0 Å². The third-order valence-corrected chi connectivity index (χ3v) is 6.85. The first-order chi connectivity index (χ1) is 16.4. The summed E-state index contributed by atoms with van der Waals surface area (Å²) in [4.78, 5) is 13.2. The van der Waals surface area contributed by atoms with Gasteiger partial charge in [0.15, 0.2) is 16.8 Å². The van der Waals surface area contributed by atoms with Crippen LogP contribution >= 0.6 is 11.8 Å². The number of methoxy groups -OCH3 is 1. The van der Waals surface area contributed by atoms with E-state index in [2.05, 4.69) is 52.9 Å². The van der Waals surface area contributed by atoms with Crippen molar-refractivity contribution in [3.05, 3.63) is 83.2 Å². The number of hydrogen-bond donors (Lipinski definition) is 0. The van der Waals surface area contributed by atoms with Gasteiger partial charge in [-0.25, -0.2) is 0 Å². The van der Waals surface area contributed by atoms with E-state index >= 15 is 0 Å². The Hall–Kier alpha value is -3.16. The minimum absolute atomic E-state index is 0.0775. The maximum absolute atomic E-state index is 13.2. The van der Waals surface area contributed by atoms with Gasteiger partial charge in [0, 0.05) is 35.3 Å². The van der Waals surface area contributed by atoms with E-state index in [1.54, 1.807) is 7.11 Å². The standard InChI is InChI=1S/C27H30N4O2S/c1-18-11-13-23(14-12-18)31-26(22-9-7-6-8-10-22)28-29-27(31)34-17-25(32)24-15-19(2)30(21(24)4)20(3)16-33-5/h6-15,20H,16-17H2,1-5H3/t20-/m0/s1. The fourth-order valence-corrected chi connectivity index (χ4v) is 5.16. The lowest BCUT2D eigenvalue weighted by molar-refractivity contribution is 0.102. The zero-order valence-corrected chi connectivity index (χ0v) is 21.1. The van der Waals surface area contributed by atoms with Gasteiger partial charge in [-0.2, -0.15) is 0 Å². The molecular weight excluding hydrogens is 444 g/mol. The van der Waals surface area contributed by atoms with E-state index in [1.807, 2.05) is 54.8 Å². The van der Waals surface area contributed by atoms with Crippen molar-refractivity contribution in [3.63, 3.8) is 0 Å².